The van der Waals surface area contributed by atoms with Crippen molar-refractivity contribution in [3.63, 3.8) is 0 Å². The van der Waals surface area contributed by atoms with Crippen molar-refractivity contribution < 1.29 is 4.42 Å². The van der Waals surface area contributed by atoms with E-state index in [4.69, 9.17) is 29.4 Å². The first-order valence-corrected chi connectivity index (χ1v) is 38.9. The van der Waals surface area contributed by atoms with Crippen LogP contribution in [-0.2, 0) is 0 Å². The number of aromatic nitrogens is 3. The third-order valence-electron chi connectivity index (χ3n) is 22.7. The van der Waals surface area contributed by atoms with Gasteiger partial charge >= 0.3 is 0 Å². The Kier molecular flexibility index (Phi) is 16.1. The third kappa shape index (κ3) is 12.0. The third-order valence-corrected chi connectivity index (χ3v) is 22.7. The summed E-state index contributed by atoms with van der Waals surface area (Å²) in [7, 11) is 0. The second kappa shape index (κ2) is 27.8. The molecule has 0 radical (unpaired) electrons. The normalized spacial score (nSPS) is 13.0. The molecule has 538 valence electrons. The highest BCUT2D eigenvalue weighted by Gasteiger charge is 2.29. The standard InChI is InChI=1S/C106H68N8O/c1-3-28-82(29-4-1)113(84-54-49-69(50-55-84)75-45-41-67-21-7-9-25-73(67)61-75)97-38-17-15-34-93(97)105-109-101(78-47-43-68-22-8-10-26-74(68)62-78)107-103(111-105)80-52-57-91-95-65-77(53-60-99(95)115-100(91)66-80)76-46-42-70-44-48-79(64-81(70)63-76)102-108-104(92-37-20-36-87-89-56-51-72-24-11-13-32-85(72)88(89)58-59-90(87)92)112-106(110-102)94-35-16-18-39-98(94)114(83-30-5-2-6-31-83)96-40-19-27-71-23-12-14-33-86(71)96/h1-66,105H,(H,107,109,111). The summed E-state index contributed by atoms with van der Waals surface area (Å²) in [4.78, 5) is 32.2. The summed E-state index contributed by atoms with van der Waals surface area (Å²) >= 11 is 0. The second-order valence-corrected chi connectivity index (χ2v) is 29.5. The first-order valence-electron chi connectivity index (χ1n) is 38.9. The summed E-state index contributed by atoms with van der Waals surface area (Å²) in [6.07, 6.45) is -0.549. The Morgan fingerprint density at radius 2 is 0.704 bits per heavy atom. The van der Waals surface area contributed by atoms with Crippen LogP contribution in [-0.4, -0.2) is 26.6 Å². The molecule has 0 fully saturated rings. The number of hydrogen-bond donors (Lipinski definition) is 1. The van der Waals surface area contributed by atoms with E-state index < -0.39 is 6.17 Å². The van der Waals surface area contributed by atoms with Gasteiger partial charge in [-0.1, -0.05) is 291 Å². The van der Waals surface area contributed by atoms with Gasteiger partial charge in [0.1, 0.15) is 23.2 Å². The van der Waals surface area contributed by atoms with Gasteiger partial charge < -0.3 is 19.5 Å². The molecule has 2 aromatic heterocycles. The van der Waals surface area contributed by atoms with E-state index in [-0.39, 0.29) is 0 Å². The molecule has 0 saturated heterocycles. The van der Waals surface area contributed by atoms with Crippen molar-refractivity contribution in [2.75, 3.05) is 9.80 Å². The van der Waals surface area contributed by atoms with E-state index in [1.165, 1.54) is 37.9 Å². The highest BCUT2D eigenvalue weighted by molar-refractivity contribution is 6.20. The molecule has 1 unspecified atom stereocenters. The minimum atomic E-state index is -0.549. The van der Waals surface area contributed by atoms with Crippen LogP contribution in [0.25, 0.3) is 154 Å². The van der Waals surface area contributed by atoms with Gasteiger partial charge in [-0.25, -0.2) is 24.9 Å². The van der Waals surface area contributed by atoms with Crippen molar-refractivity contribution in [3.05, 3.63) is 417 Å². The zero-order chi connectivity index (χ0) is 75.9. The number of aliphatic imine (C=N–C) groups is 2. The Balaban J connectivity index is 0.627. The SMILES string of the molecule is c1ccc(N(c2ccc(-c3ccc4ccccc4c3)cc2)c2ccccc2C2N=C(c3ccc4ccccc4c3)N=C(c3ccc4c(c3)oc3ccc(-c5ccc6ccc(-c7nc(-c8ccccc8N(c8ccccc8)c8cccc9ccccc89)nc(-c8cccc9c8ccc8c%10ccccc%10ccc98)n7)cc6c5)cc34)N2)cc1. The molecule has 19 aromatic carbocycles. The number of rotatable bonds is 14. The summed E-state index contributed by atoms with van der Waals surface area (Å²) in [5.41, 5.74) is 17.4. The quantitative estimate of drug-likeness (QED) is 0.108. The van der Waals surface area contributed by atoms with Crippen LogP contribution in [0.5, 0.6) is 0 Å². The first kappa shape index (κ1) is 66.5. The molecule has 3 heterocycles. The van der Waals surface area contributed by atoms with Crippen molar-refractivity contribution in [3.8, 4) is 56.4 Å². The first-order chi connectivity index (χ1) is 56.9. The molecule has 9 nitrogen and oxygen atoms in total. The fourth-order valence-corrected chi connectivity index (χ4v) is 17.0. The molecule has 0 saturated carbocycles. The molecule has 115 heavy (non-hydrogen) atoms. The Morgan fingerprint density at radius 3 is 1.48 bits per heavy atom. The zero-order valence-corrected chi connectivity index (χ0v) is 62.2. The largest absolute Gasteiger partial charge is 0.456 e. The number of anilines is 6. The van der Waals surface area contributed by atoms with Gasteiger partial charge in [-0.15, -0.1) is 0 Å². The number of fused-ring (bicyclic) bond motifs is 12. The average molecular weight is 1470 g/mol. The molecular formula is C106H68N8O. The van der Waals surface area contributed by atoms with Crippen LogP contribution >= 0.6 is 0 Å². The Labute approximate surface area is 663 Å². The number of benzene rings is 19. The highest BCUT2D eigenvalue weighted by atomic mass is 16.3. The van der Waals surface area contributed by atoms with Crippen molar-refractivity contribution >= 4 is 143 Å². The number of nitrogens with one attached hydrogen (secondary N) is 1. The average Bonchev–Trinajstić information content (AvgIpc) is 1.11. The van der Waals surface area contributed by atoms with Gasteiger partial charge in [-0.05, 0) is 201 Å². The maximum absolute atomic E-state index is 6.87. The van der Waals surface area contributed by atoms with Crippen molar-refractivity contribution in [1.82, 2.24) is 20.3 Å². The minimum absolute atomic E-state index is 0.549. The smallest absolute Gasteiger partial charge is 0.166 e. The van der Waals surface area contributed by atoms with Gasteiger partial charge in [0.2, 0.25) is 0 Å². The van der Waals surface area contributed by atoms with Crippen LogP contribution < -0.4 is 15.1 Å². The lowest BCUT2D eigenvalue weighted by Gasteiger charge is -2.31. The lowest BCUT2D eigenvalue weighted by molar-refractivity contribution is 0.666. The zero-order valence-electron chi connectivity index (χ0n) is 62.2. The maximum atomic E-state index is 6.87. The van der Waals surface area contributed by atoms with E-state index in [1.54, 1.807) is 0 Å². The summed E-state index contributed by atoms with van der Waals surface area (Å²) in [6.45, 7) is 0. The van der Waals surface area contributed by atoms with Gasteiger partial charge in [0.05, 0.1) is 17.1 Å². The number of para-hydroxylation sites is 4. The van der Waals surface area contributed by atoms with Crippen LogP contribution in [0, 0.1) is 0 Å². The molecule has 1 aliphatic heterocycles. The van der Waals surface area contributed by atoms with E-state index in [1.807, 2.05) is 0 Å². The molecule has 21 aromatic rings. The van der Waals surface area contributed by atoms with Gasteiger partial charge in [0.25, 0.3) is 0 Å². The predicted octanol–water partition coefficient (Wildman–Crippen LogP) is 27.6. The van der Waals surface area contributed by atoms with E-state index in [0.717, 1.165) is 149 Å². The van der Waals surface area contributed by atoms with Gasteiger partial charge in [-0.3, -0.25) is 0 Å². The lowest BCUT2D eigenvalue weighted by atomic mass is 9.95. The van der Waals surface area contributed by atoms with Crippen molar-refractivity contribution in [2.45, 2.75) is 6.17 Å². The van der Waals surface area contributed by atoms with Gasteiger partial charge in [-0.2, -0.15) is 0 Å². The second-order valence-electron chi connectivity index (χ2n) is 29.5. The Morgan fingerprint density at radius 1 is 0.243 bits per heavy atom. The van der Waals surface area contributed by atoms with E-state index in [0.29, 0.717) is 29.1 Å². The van der Waals surface area contributed by atoms with Crippen LogP contribution in [0.4, 0.5) is 34.1 Å². The predicted molar refractivity (Wildman–Crippen MR) is 478 cm³/mol. The molecule has 0 amide bonds. The monoisotopic (exact) mass is 1470 g/mol. The lowest BCUT2D eigenvalue weighted by Crippen LogP contribution is -2.34. The molecule has 0 bridgehead atoms. The van der Waals surface area contributed by atoms with Crippen molar-refractivity contribution in [2.24, 2.45) is 9.98 Å². The molecule has 22 rings (SSSR count). The van der Waals surface area contributed by atoms with Gasteiger partial charge in [0, 0.05) is 66.6 Å². The van der Waals surface area contributed by atoms with Gasteiger partial charge in [0.15, 0.2) is 23.3 Å². The minimum Gasteiger partial charge on any atom is -0.456 e. The summed E-state index contributed by atoms with van der Waals surface area (Å²) in [5.74, 6) is 2.99. The van der Waals surface area contributed by atoms with E-state index in [9.17, 15) is 0 Å². The van der Waals surface area contributed by atoms with Crippen molar-refractivity contribution in [1.29, 1.82) is 0 Å². The molecule has 1 aliphatic rings. The van der Waals surface area contributed by atoms with Crippen LogP contribution in [0.15, 0.2) is 415 Å². The summed E-state index contributed by atoms with van der Waals surface area (Å²) in [5, 5.41) is 22.0. The number of amidine groups is 2. The number of furan rings is 1. The Hall–Kier alpha value is -15.5. The van der Waals surface area contributed by atoms with Crippen LogP contribution in [0.2, 0.25) is 0 Å². The topological polar surface area (TPSA) is 95.0 Å². The molecule has 0 spiro atoms. The molecule has 1 N–H and O–H groups in total. The maximum Gasteiger partial charge on any atom is 0.166 e. The van der Waals surface area contributed by atoms with Crippen LogP contribution in [0.1, 0.15) is 22.9 Å². The fraction of sp³-hybridized carbons (Fsp3) is 0.00943. The fourth-order valence-electron chi connectivity index (χ4n) is 17.0. The molecular weight excluding hydrogens is 1400 g/mol. The van der Waals surface area contributed by atoms with E-state index >= 15 is 0 Å². The number of nitrogens with zero attached hydrogens (tertiary/aromatic N) is 7. The summed E-state index contributed by atoms with van der Waals surface area (Å²) < 4.78 is 6.87. The highest BCUT2D eigenvalue weighted by Crippen LogP contribution is 2.47. The molecule has 0 aliphatic carbocycles. The molecule has 1 atom stereocenters. The summed E-state index contributed by atoms with van der Waals surface area (Å²) in [6, 6.07) is 142. The molecule has 9 heteroatoms. The van der Waals surface area contributed by atoms with Crippen LogP contribution in [0.3, 0.4) is 0 Å². The number of hydrogen-bond acceptors (Lipinski definition) is 9. The Bertz CT molecular complexity index is 7540. The van der Waals surface area contributed by atoms with E-state index in [2.05, 4.69) is 415 Å².